The number of anilines is 3. The zero-order valence-corrected chi connectivity index (χ0v) is 15.7. The number of rotatable bonds is 6. The van der Waals surface area contributed by atoms with Crippen LogP contribution in [0.1, 0.15) is 29.9 Å². The summed E-state index contributed by atoms with van der Waals surface area (Å²) in [6.45, 7) is 5.98. The summed E-state index contributed by atoms with van der Waals surface area (Å²) >= 11 is 0. The van der Waals surface area contributed by atoms with Crippen LogP contribution in [-0.2, 0) is 0 Å². The van der Waals surface area contributed by atoms with Crippen molar-refractivity contribution in [3.63, 3.8) is 0 Å². The van der Waals surface area contributed by atoms with Crippen LogP contribution in [0.4, 0.5) is 17.1 Å². The van der Waals surface area contributed by atoms with E-state index < -0.39 is 0 Å². The Bertz CT molecular complexity index is 904. The molecule has 0 aliphatic carbocycles. The van der Waals surface area contributed by atoms with Crippen LogP contribution in [0.3, 0.4) is 0 Å². The molecule has 0 aliphatic heterocycles. The van der Waals surface area contributed by atoms with Gasteiger partial charge in [0.15, 0.2) is 0 Å². The van der Waals surface area contributed by atoms with Crippen LogP contribution in [0.5, 0.6) is 5.75 Å². The lowest BCUT2D eigenvalue weighted by Crippen LogP contribution is -2.13. The Kier molecular flexibility index (Phi) is 5.71. The lowest BCUT2D eigenvalue weighted by molar-refractivity contribution is 0.102. The molecule has 1 heterocycles. The fourth-order valence-electron chi connectivity index (χ4n) is 2.55. The molecule has 3 rings (SSSR count). The number of pyridine rings is 1. The van der Waals surface area contributed by atoms with Crippen molar-refractivity contribution in [1.82, 2.24) is 4.98 Å². The summed E-state index contributed by atoms with van der Waals surface area (Å²) in [6.07, 6.45) is 1.77. The fourth-order valence-corrected chi connectivity index (χ4v) is 2.55. The van der Waals surface area contributed by atoms with Crippen molar-refractivity contribution < 1.29 is 9.53 Å². The quantitative estimate of drug-likeness (QED) is 0.635. The molecule has 2 N–H and O–H groups in total. The van der Waals surface area contributed by atoms with Crippen molar-refractivity contribution in [3.05, 3.63) is 78.1 Å². The van der Waals surface area contributed by atoms with E-state index in [1.807, 2.05) is 75.4 Å². The van der Waals surface area contributed by atoms with Gasteiger partial charge in [0.2, 0.25) is 0 Å². The maximum atomic E-state index is 12.4. The molecule has 0 saturated heterocycles. The molecule has 0 saturated carbocycles. The van der Waals surface area contributed by atoms with E-state index in [0.717, 1.165) is 22.7 Å². The first-order chi connectivity index (χ1) is 13.0. The number of amides is 1. The lowest BCUT2D eigenvalue weighted by atomic mass is 10.2. The van der Waals surface area contributed by atoms with Crippen LogP contribution >= 0.6 is 0 Å². The Morgan fingerprint density at radius 3 is 2.30 bits per heavy atom. The van der Waals surface area contributed by atoms with Gasteiger partial charge in [0.25, 0.3) is 5.91 Å². The van der Waals surface area contributed by atoms with Gasteiger partial charge < -0.3 is 15.4 Å². The second kappa shape index (κ2) is 8.36. The fraction of sp³-hybridized carbons (Fsp3) is 0.182. The zero-order valence-electron chi connectivity index (χ0n) is 15.7. The highest BCUT2D eigenvalue weighted by Gasteiger charge is 2.08. The van der Waals surface area contributed by atoms with Crippen LogP contribution < -0.4 is 15.4 Å². The van der Waals surface area contributed by atoms with Gasteiger partial charge in [-0.15, -0.1) is 0 Å². The molecule has 5 heteroatoms. The third-order valence-electron chi connectivity index (χ3n) is 3.90. The maximum absolute atomic E-state index is 12.4. The number of hydrogen-bond donors (Lipinski definition) is 2. The summed E-state index contributed by atoms with van der Waals surface area (Å²) in [5.74, 6) is 0.516. The first kappa shape index (κ1) is 18.5. The van der Waals surface area contributed by atoms with Gasteiger partial charge in [0.1, 0.15) is 11.4 Å². The summed E-state index contributed by atoms with van der Waals surface area (Å²) in [4.78, 5) is 16.6. The van der Waals surface area contributed by atoms with Crippen LogP contribution in [-0.4, -0.2) is 17.0 Å². The molecule has 1 aromatic heterocycles. The lowest BCUT2D eigenvalue weighted by Gasteiger charge is -2.11. The second-order valence-corrected chi connectivity index (χ2v) is 6.52. The number of hydrogen-bond acceptors (Lipinski definition) is 4. The molecule has 0 fully saturated rings. The predicted molar refractivity (Wildman–Crippen MR) is 109 cm³/mol. The normalized spacial score (nSPS) is 10.5. The molecule has 3 aromatic rings. The summed E-state index contributed by atoms with van der Waals surface area (Å²) in [5, 5.41) is 6.14. The SMILES string of the molecule is Cc1ccccc1Nc1ccc(C(=O)Nc2ccc(OC(C)C)cc2)nc1. The van der Waals surface area contributed by atoms with E-state index in [1.165, 1.54) is 0 Å². The van der Waals surface area contributed by atoms with Gasteiger partial charge in [-0.1, -0.05) is 18.2 Å². The largest absolute Gasteiger partial charge is 0.491 e. The molecule has 5 nitrogen and oxygen atoms in total. The van der Waals surface area contributed by atoms with Crippen molar-refractivity contribution in [1.29, 1.82) is 0 Å². The number of nitrogens with zero attached hydrogens (tertiary/aromatic N) is 1. The van der Waals surface area contributed by atoms with Crippen LogP contribution in [0.2, 0.25) is 0 Å². The monoisotopic (exact) mass is 361 g/mol. The Hall–Kier alpha value is -3.34. The molecule has 2 aromatic carbocycles. The van der Waals surface area contributed by atoms with Crippen molar-refractivity contribution in [2.75, 3.05) is 10.6 Å². The number of para-hydroxylation sites is 1. The van der Waals surface area contributed by atoms with Crippen molar-refractivity contribution in [2.24, 2.45) is 0 Å². The molecular weight excluding hydrogens is 338 g/mol. The van der Waals surface area contributed by atoms with Gasteiger partial charge in [-0.2, -0.15) is 0 Å². The smallest absolute Gasteiger partial charge is 0.274 e. The number of nitrogens with one attached hydrogen (secondary N) is 2. The predicted octanol–water partition coefficient (Wildman–Crippen LogP) is 5.17. The third kappa shape index (κ3) is 5.07. The van der Waals surface area contributed by atoms with E-state index in [9.17, 15) is 4.79 Å². The maximum Gasteiger partial charge on any atom is 0.274 e. The summed E-state index contributed by atoms with van der Waals surface area (Å²) < 4.78 is 5.60. The van der Waals surface area contributed by atoms with E-state index >= 15 is 0 Å². The number of carbonyl (C=O) groups excluding carboxylic acids is 1. The van der Waals surface area contributed by atoms with Gasteiger partial charge >= 0.3 is 0 Å². The average molecular weight is 361 g/mol. The molecule has 27 heavy (non-hydrogen) atoms. The molecule has 0 radical (unpaired) electrons. The number of carbonyl (C=O) groups is 1. The number of benzene rings is 2. The van der Waals surface area contributed by atoms with Crippen LogP contribution in [0.15, 0.2) is 66.9 Å². The molecule has 0 bridgehead atoms. The molecule has 0 aliphatic rings. The van der Waals surface area contributed by atoms with Crippen molar-refractivity contribution in [2.45, 2.75) is 26.9 Å². The molecule has 0 spiro atoms. The van der Waals surface area contributed by atoms with E-state index in [2.05, 4.69) is 15.6 Å². The Morgan fingerprint density at radius 1 is 0.963 bits per heavy atom. The van der Waals surface area contributed by atoms with Gasteiger partial charge in [-0.25, -0.2) is 4.98 Å². The minimum atomic E-state index is -0.255. The molecule has 0 atom stereocenters. The summed E-state index contributed by atoms with van der Waals surface area (Å²) in [6, 6.07) is 18.8. The number of aromatic nitrogens is 1. The Labute approximate surface area is 159 Å². The van der Waals surface area contributed by atoms with Gasteiger partial charge in [0.05, 0.1) is 18.0 Å². The molecule has 138 valence electrons. The van der Waals surface area contributed by atoms with E-state index in [1.54, 1.807) is 12.3 Å². The third-order valence-corrected chi connectivity index (χ3v) is 3.90. The van der Waals surface area contributed by atoms with Crippen molar-refractivity contribution >= 4 is 23.0 Å². The van der Waals surface area contributed by atoms with E-state index in [0.29, 0.717) is 11.4 Å². The van der Waals surface area contributed by atoms with Crippen LogP contribution in [0.25, 0.3) is 0 Å². The first-order valence-electron chi connectivity index (χ1n) is 8.88. The number of ether oxygens (including phenoxy) is 1. The van der Waals surface area contributed by atoms with Gasteiger partial charge in [0, 0.05) is 11.4 Å². The minimum absolute atomic E-state index is 0.112. The van der Waals surface area contributed by atoms with Crippen LogP contribution in [0, 0.1) is 6.92 Å². The average Bonchev–Trinajstić information content (AvgIpc) is 2.65. The molecular formula is C22H23N3O2. The molecule has 0 unspecified atom stereocenters. The van der Waals surface area contributed by atoms with E-state index in [-0.39, 0.29) is 12.0 Å². The highest BCUT2D eigenvalue weighted by atomic mass is 16.5. The first-order valence-corrected chi connectivity index (χ1v) is 8.88. The Morgan fingerprint density at radius 2 is 1.67 bits per heavy atom. The summed E-state index contributed by atoms with van der Waals surface area (Å²) in [7, 11) is 0. The topological polar surface area (TPSA) is 63.2 Å². The van der Waals surface area contributed by atoms with Gasteiger partial charge in [-0.05, 0) is 68.8 Å². The molecule has 1 amide bonds. The standard InChI is InChI=1S/C22H23N3O2/c1-15(2)27-19-11-8-17(9-12-19)25-22(26)21-13-10-18(14-23-21)24-20-7-5-4-6-16(20)3/h4-15,24H,1-3H3,(H,25,26). The Balaban J connectivity index is 1.63. The van der Waals surface area contributed by atoms with E-state index in [4.69, 9.17) is 4.74 Å². The zero-order chi connectivity index (χ0) is 19.2. The highest BCUT2D eigenvalue weighted by Crippen LogP contribution is 2.20. The van der Waals surface area contributed by atoms with Gasteiger partial charge in [-0.3, -0.25) is 4.79 Å². The second-order valence-electron chi connectivity index (χ2n) is 6.52. The summed E-state index contributed by atoms with van der Waals surface area (Å²) in [5.41, 5.74) is 4.04. The highest BCUT2D eigenvalue weighted by molar-refractivity contribution is 6.03. The minimum Gasteiger partial charge on any atom is -0.491 e. The van der Waals surface area contributed by atoms with Crippen molar-refractivity contribution in [3.8, 4) is 5.75 Å². The number of aryl methyl sites for hydroxylation is 1.